The molecule has 3 heterocycles. The Hall–Kier alpha value is -2.44. The van der Waals surface area contributed by atoms with Gasteiger partial charge in [-0.2, -0.15) is 0 Å². The Labute approximate surface area is 161 Å². The molecule has 6 heteroatoms. The minimum absolute atomic E-state index is 0.0777. The monoisotopic (exact) mass is 384 g/mol. The smallest absolute Gasteiger partial charge is 0.261 e. The number of rotatable bonds is 6. The summed E-state index contributed by atoms with van der Waals surface area (Å²) >= 11 is 1.52. The molecule has 4 nitrogen and oxygen atoms in total. The van der Waals surface area contributed by atoms with Crippen LogP contribution in [0.3, 0.4) is 0 Å². The van der Waals surface area contributed by atoms with Crippen LogP contribution in [0.15, 0.2) is 59.4 Å². The fourth-order valence-electron chi connectivity index (χ4n) is 3.50. The van der Waals surface area contributed by atoms with Gasteiger partial charge in [0.25, 0.3) is 5.91 Å². The summed E-state index contributed by atoms with van der Waals surface area (Å²) in [5.41, 5.74) is 1.66. The van der Waals surface area contributed by atoms with Gasteiger partial charge in [-0.05, 0) is 43.7 Å². The summed E-state index contributed by atoms with van der Waals surface area (Å²) in [4.78, 5) is 16.6. The van der Waals surface area contributed by atoms with Crippen molar-refractivity contribution in [2.75, 3.05) is 6.54 Å². The largest absolute Gasteiger partial charge is 0.472 e. The van der Waals surface area contributed by atoms with E-state index in [1.807, 2.05) is 30.3 Å². The average molecular weight is 384 g/mol. The number of nitrogens with zero attached hydrogens (tertiary/aromatic N) is 1. The summed E-state index contributed by atoms with van der Waals surface area (Å²) in [5.74, 6) is -0.236. The number of benzene rings is 1. The Bertz CT molecular complexity index is 907. The number of likely N-dealkylation sites (tertiary alicyclic amines) is 1. The van der Waals surface area contributed by atoms with Crippen LogP contribution in [0, 0.1) is 5.82 Å². The van der Waals surface area contributed by atoms with Crippen LogP contribution in [0.25, 0.3) is 0 Å². The van der Waals surface area contributed by atoms with Crippen molar-refractivity contribution in [2.45, 2.75) is 32.0 Å². The first kappa shape index (κ1) is 17.9. The number of carbonyl (C=O) groups is 1. The summed E-state index contributed by atoms with van der Waals surface area (Å²) in [6, 6.07) is 12.9. The van der Waals surface area contributed by atoms with Crippen molar-refractivity contribution in [3.05, 3.63) is 81.7 Å². The lowest BCUT2D eigenvalue weighted by atomic mass is 10.1. The molecule has 1 aromatic carbocycles. The molecule has 0 unspecified atom stereocenters. The van der Waals surface area contributed by atoms with Gasteiger partial charge in [0.2, 0.25) is 0 Å². The zero-order valence-corrected chi connectivity index (χ0v) is 15.7. The molecule has 1 amide bonds. The molecule has 1 aliphatic heterocycles. The van der Waals surface area contributed by atoms with Crippen LogP contribution < -0.4 is 5.32 Å². The number of nitrogens with one attached hydrogen (secondary N) is 1. The van der Waals surface area contributed by atoms with Gasteiger partial charge in [-0.25, -0.2) is 4.39 Å². The molecule has 1 saturated heterocycles. The van der Waals surface area contributed by atoms with Crippen LogP contribution in [-0.2, 0) is 13.1 Å². The van der Waals surface area contributed by atoms with E-state index in [9.17, 15) is 9.18 Å². The summed E-state index contributed by atoms with van der Waals surface area (Å²) in [7, 11) is 0. The number of carbonyl (C=O) groups excluding carboxylic acids is 1. The molecule has 3 aromatic rings. The van der Waals surface area contributed by atoms with Gasteiger partial charge in [-0.1, -0.05) is 18.2 Å². The molecule has 27 heavy (non-hydrogen) atoms. The number of amides is 1. The summed E-state index contributed by atoms with van der Waals surface area (Å²) in [6.07, 6.45) is 5.33. The fourth-order valence-corrected chi connectivity index (χ4v) is 4.59. The molecule has 0 aliphatic carbocycles. The third kappa shape index (κ3) is 4.12. The lowest BCUT2D eigenvalue weighted by Crippen LogP contribution is -2.23. The van der Waals surface area contributed by atoms with Crippen LogP contribution in [0.4, 0.5) is 4.39 Å². The number of hydrogen-bond acceptors (Lipinski definition) is 4. The highest BCUT2D eigenvalue weighted by molar-refractivity contribution is 7.14. The Morgan fingerprint density at radius 2 is 2.15 bits per heavy atom. The van der Waals surface area contributed by atoms with Crippen molar-refractivity contribution < 1.29 is 13.6 Å². The normalized spacial score (nSPS) is 17.3. The van der Waals surface area contributed by atoms with Gasteiger partial charge in [-0.3, -0.25) is 9.69 Å². The van der Waals surface area contributed by atoms with Crippen molar-refractivity contribution in [1.82, 2.24) is 10.2 Å². The van der Waals surface area contributed by atoms with Crippen LogP contribution in [-0.4, -0.2) is 17.4 Å². The molecule has 0 saturated carbocycles. The maximum atomic E-state index is 14.0. The van der Waals surface area contributed by atoms with Crippen LogP contribution in [0.5, 0.6) is 0 Å². The molecule has 0 radical (unpaired) electrons. The highest BCUT2D eigenvalue weighted by Crippen LogP contribution is 2.37. The second-order valence-corrected chi connectivity index (χ2v) is 7.85. The molecule has 140 valence electrons. The first-order valence-corrected chi connectivity index (χ1v) is 9.89. The van der Waals surface area contributed by atoms with Crippen molar-refractivity contribution in [1.29, 1.82) is 0 Å². The van der Waals surface area contributed by atoms with Crippen molar-refractivity contribution >= 4 is 17.2 Å². The Morgan fingerprint density at radius 3 is 2.96 bits per heavy atom. The third-order valence-corrected chi connectivity index (χ3v) is 6.09. The Kier molecular flexibility index (Phi) is 5.36. The standard InChI is InChI=1S/C21H21FN2O2S/c22-17-5-2-1-4-16(17)13-24-10-3-6-18(24)19-7-8-20(27-19)21(25)23-12-15-9-11-26-14-15/h1-2,4-5,7-9,11,14,18H,3,6,10,12-13H2,(H,23,25)/t18-/m1/s1. The molecular formula is C21H21FN2O2S. The second-order valence-electron chi connectivity index (χ2n) is 6.74. The van der Waals surface area contributed by atoms with Gasteiger partial charge in [0.15, 0.2) is 0 Å². The molecule has 1 fully saturated rings. The topological polar surface area (TPSA) is 45.5 Å². The predicted molar refractivity (Wildman–Crippen MR) is 103 cm³/mol. The van der Waals surface area contributed by atoms with E-state index in [1.54, 1.807) is 18.6 Å². The Balaban J connectivity index is 1.42. The van der Waals surface area contributed by atoms with E-state index in [2.05, 4.69) is 10.2 Å². The van der Waals surface area contributed by atoms with E-state index in [0.717, 1.165) is 35.4 Å². The molecule has 2 aromatic heterocycles. The third-order valence-electron chi connectivity index (χ3n) is 4.91. The van der Waals surface area contributed by atoms with E-state index < -0.39 is 0 Å². The van der Waals surface area contributed by atoms with Crippen molar-refractivity contribution in [3.63, 3.8) is 0 Å². The van der Waals surface area contributed by atoms with Gasteiger partial charge in [-0.15, -0.1) is 11.3 Å². The van der Waals surface area contributed by atoms with Crippen LogP contribution in [0.1, 0.15) is 44.6 Å². The van der Waals surface area contributed by atoms with Gasteiger partial charge < -0.3 is 9.73 Å². The highest BCUT2D eigenvalue weighted by atomic mass is 32.1. The van der Waals surface area contributed by atoms with E-state index >= 15 is 0 Å². The van der Waals surface area contributed by atoms with E-state index in [1.165, 1.54) is 17.4 Å². The average Bonchev–Trinajstić information content (AvgIpc) is 3.43. The molecule has 0 bridgehead atoms. The van der Waals surface area contributed by atoms with Gasteiger partial charge >= 0.3 is 0 Å². The van der Waals surface area contributed by atoms with Gasteiger partial charge in [0.1, 0.15) is 5.82 Å². The maximum absolute atomic E-state index is 14.0. The predicted octanol–water partition coefficient (Wildman–Crippen LogP) is 4.75. The molecule has 1 N–H and O–H groups in total. The fraction of sp³-hybridized carbons (Fsp3) is 0.286. The quantitative estimate of drug-likeness (QED) is 0.667. The zero-order valence-electron chi connectivity index (χ0n) is 14.9. The lowest BCUT2D eigenvalue weighted by molar-refractivity contribution is 0.0955. The molecule has 1 atom stereocenters. The number of hydrogen-bond donors (Lipinski definition) is 1. The highest BCUT2D eigenvalue weighted by Gasteiger charge is 2.28. The minimum atomic E-state index is -0.159. The molecule has 4 rings (SSSR count). The number of furan rings is 1. The zero-order chi connectivity index (χ0) is 18.6. The first-order valence-electron chi connectivity index (χ1n) is 9.07. The summed E-state index contributed by atoms with van der Waals surface area (Å²) in [5, 5.41) is 2.91. The van der Waals surface area contributed by atoms with E-state index in [0.29, 0.717) is 18.0 Å². The van der Waals surface area contributed by atoms with Gasteiger partial charge in [0.05, 0.1) is 17.4 Å². The molecule has 0 spiro atoms. The second kappa shape index (κ2) is 8.06. The van der Waals surface area contributed by atoms with Crippen molar-refractivity contribution in [2.24, 2.45) is 0 Å². The summed E-state index contributed by atoms with van der Waals surface area (Å²) in [6.45, 7) is 1.99. The Morgan fingerprint density at radius 1 is 1.26 bits per heavy atom. The number of halogens is 1. The molecular weight excluding hydrogens is 363 g/mol. The van der Waals surface area contributed by atoms with Crippen LogP contribution >= 0.6 is 11.3 Å². The van der Waals surface area contributed by atoms with E-state index in [-0.39, 0.29) is 17.8 Å². The lowest BCUT2D eigenvalue weighted by Gasteiger charge is -2.23. The van der Waals surface area contributed by atoms with Crippen molar-refractivity contribution in [3.8, 4) is 0 Å². The van der Waals surface area contributed by atoms with E-state index in [4.69, 9.17) is 4.42 Å². The van der Waals surface area contributed by atoms with Gasteiger partial charge in [0, 0.05) is 35.1 Å². The minimum Gasteiger partial charge on any atom is -0.472 e. The number of thiophene rings is 1. The van der Waals surface area contributed by atoms with Crippen LogP contribution in [0.2, 0.25) is 0 Å². The maximum Gasteiger partial charge on any atom is 0.261 e. The molecule has 1 aliphatic rings. The first-order chi connectivity index (χ1) is 13.2. The summed E-state index contributed by atoms with van der Waals surface area (Å²) < 4.78 is 19.0. The SMILES string of the molecule is O=C(NCc1ccoc1)c1ccc([C@H]2CCCN2Cc2ccccc2F)s1.